The van der Waals surface area contributed by atoms with Crippen LogP contribution in [0.1, 0.15) is 0 Å². The van der Waals surface area contributed by atoms with Crippen molar-refractivity contribution in [1.82, 2.24) is 9.55 Å². The normalized spacial score (nSPS) is 10.3. The first kappa shape index (κ1) is 13.1. The highest BCUT2D eigenvalue weighted by atomic mass is 16.5. The van der Waals surface area contributed by atoms with E-state index >= 15 is 0 Å². The molecule has 0 aliphatic rings. The Kier molecular flexibility index (Phi) is 3.51. The van der Waals surface area contributed by atoms with Crippen LogP contribution in [0.5, 0.6) is 11.6 Å². The van der Waals surface area contributed by atoms with E-state index in [1.54, 1.807) is 13.2 Å². The molecule has 0 saturated carbocycles. The van der Waals surface area contributed by atoms with E-state index in [0.717, 1.165) is 11.1 Å². The maximum absolute atomic E-state index is 11.8. The lowest BCUT2D eigenvalue weighted by atomic mass is 10.1. The smallest absolute Gasteiger partial charge is 0.313 e. The number of rotatable bonds is 3. The summed E-state index contributed by atoms with van der Waals surface area (Å²) in [6, 6.07) is 17.6. The summed E-state index contributed by atoms with van der Waals surface area (Å²) in [5.41, 5.74) is 1.97. The number of hydrogen-bond donors (Lipinski definition) is 0. The molecule has 3 rings (SSSR count). The number of hydrogen-bond acceptors (Lipinski definition) is 3. The number of benzene rings is 2. The van der Waals surface area contributed by atoms with E-state index in [0.29, 0.717) is 5.75 Å². The zero-order chi connectivity index (χ0) is 14.7. The van der Waals surface area contributed by atoms with E-state index in [1.165, 1.54) is 10.8 Å². The van der Waals surface area contributed by atoms with Crippen LogP contribution in [0, 0.1) is 0 Å². The van der Waals surface area contributed by atoms with Gasteiger partial charge < -0.3 is 9.30 Å². The summed E-state index contributed by atoms with van der Waals surface area (Å²) in [4.78, 5) is 15.8. The molecule has 0 saturated heterocycles. The first-order valence-electron chi connectivity index (χ1n) is 6.59. The maximum atomic E-state index is 11.8. The molecule has 104 valence electrons. The summed E-state index contributed by atoms with van der Waals surface area (Å²) in [7, 11) is 1.66. The van der Waals surface area contributed by atoms with Crippen LogP contribution >= 0.6 is 0 Å². The predicted octanol–water partition coefficient (Wildman–Crippen LogP) is 3.24. The van der Waals surface area contributed by atoms with Crippen LogP contribution < -0.4 is 10.3 Å². The minimum atomic E-state index is -0.260. The Morgan fingerprint density at radius 1 is 0.952 bits per heavy atom. The zero-order valence-electron chi connectivity index (χ0n) is 11.6. The van der Waals surface area contributed by atoms with E-state index < -0.39 is 0 Å². The van der Waals surface area contributed by atoms with Crippen LogP contribution in [0.2, 0.25) is 0 Å². The van der Waals surface area contributed by atoms with Crippen LogP contribution in [-0.4, -0.2) is 9.55 Å². The van der Waals surface area contributed by atoms with Gasteiger partial charge in [-0.25, -0.2) is 4.98 Å². The molecular formula is C17H14N2O2. The van der Waals surface area contributed by atoms with Crippen LogP contribution in [0.4, 0.5) is 0 Å². The standard InChI is InChI=1S/C17H14N2O2/c1-19-12-11-18-16(17(19)20)21-15-9-7-14(8-10-15)13-5-3-2-4-6-13/h2-12H,1H3. The molecule has 0 amide bonds. The van der Waals surface area contributed by atoms with Gasteiger partial charge >= 0.3 is 5.56 Å². The lowest BCUT2D eigenvalue weighted by Gasteiger charge is -2.06. The Balaban J connectivity index is 1.85. The van der Waals surface area contributed by atoms with Crippen LogP contribution in [-0.2, 0) is 7.05 Å². The molecule has 4 heteroatoms. The second-order valence-electron chi connectivity index (χ2n) is 4.64. The predicted molar refractivity (Wildman–Crippen MR) is 81.4 cm³/mol. The molecule has 0 unspecified atom stereocenters. The van der Waals surface area contributed by atoms with Crippen LogP contribution in [0.25, 0.3) is 11.1 Å². The molecule has 0 spiro atoms. The van der Waals surface area contributed by atoms with Gasteiger partial charge in [-0.05, 0) is 23.3 Å². The van der Waals surface area contributed by atoms with E-state index in [4.69, 9.17) is 4.74 Å². The summed E-state index contributed by atoms with van der Waals surface area (Å²) in [6.45, 7) is 0. The van der Waals surface area contributed by atoms with Crippen molar-refractivity contribution in [1.29, 1.82) is 0 Å². The number of nitrogens with zero attached hydrogens (tertiary/aromatic N) is 2. The molecule has 1 heterocycles. The Morgan fingerprint density at radius 2 is 1.62 bits per heavy atom. The van der Waals surface area contributed by atoms with E-state index in [9.17, 15) is 4.79 Å². The number of aromatic nitrogens is 2. The maximum Gasteiger partial charge on any atom is 0.313 e. The van der Waals surface area contributed by atoms with Crippen molar-refractivity contribution in [3.8, 4) is 22.8 Å². The van der Waals surface area contributed by atoms with Gasteiger partial charge in [0.25, 0.3) is 5.88 Å². The quantitative estimate of drug-likeness (QED) is 0.738. The first-order valence-corrected chi connectivity index (χ1v) is 6.59. The zero-order valence-corrected chi connectivity index (χ0v) is 11.6. The molecule has 1 aromatic heterocycles. The van der Waals surface area contributed by atoms with Crippen molar-refractivity contribution in [2.24, 2.45) is 7.05 Å². The Morgan fingerprint density at radius 3 is 2.33 bits per heavy atom. The minimum Gasteiger partial charge on any atom is -0.435 e. The molecule has 3 aromatic rings. The summed E-state index contributed by atoms with van der Waals surface area (Å²) in [5.74, 6) is 0.665. The van der Waals surface area contributed by atoms with Gasteiger partial charge in [0.05, 0.1) is 0 Å². The Bertz CT molecular complexity index is 793. The SMILES string of the molecule is Cn1ccnc(Oc2ccc(-c3ccccc3)cc2)c1=O. The summed E-state index contributed by atoms with van der Waals surface area (Å²) in [5, 5.41) is 0. The van der Waals surface area contributed by atoms with Gasteiger partial charge in [-0.1, -0.05) is 42.5 Å². The van der Waals surface area contributed by atoms with Crippen LogP contribution in [0.3, 0.4) is 0 Å². The van der Waals surface area contributed by atoms with Crippen LogP contribution in [0.15, 0.2) is 71.8 Å². The van der Waals surface area contributed by atoms with E-state index in [-0.39, 0.29) is 11.4 Å². The highest BCUT2D eigenvalue weighted by Crippen LogP contribution is 2.23. The van der Waals surface area contributed by atoms with Gasteiger partial charge in [0.2, 0.25) is 0 Å². The molecule has 0 N–H and O–H groups in total. The van der Waals surface area contributed by atoms with Crippen molar-refractivity contribution in [3.05, 3.63) is 77.3 Å². The molecule has 0 radical (unpaired) electrons. The third kappa shape index (κ3) is 2.84. The molecule has 21 heavy (non-hydrogen) atoms. The highest BCUT2D eigenvalue weighted by molar-refractivity contribution is 5.63. The average molecular weight is 278 g/mol. The van der Waals surface area contributed by atoms with Gasteiger partial charge in [0, 0.05) is 19.4 Å². The van der Waals surface area contributed by atoms with Gasteiger partial charge in [-0.2, -0.15) is 0 Å². The number of ether oxygens (including phenoxy) is 1. The largest absolute Gasteiger partial charge is 0.435 e. The first-order chi connectivity index (χ1) is 10.2. The van der Waals surface area contributed by atoms with Crippen molar-refractivity contribution in [3.63, 3.8) is 0 Å². The lowest BCUT2D eigenvalue weighted by Crippen LogP contribution is -2.18. The third-order valence-electron chi connectivity index (χ3n) is 3.16. The van der Waals surface area contributed by atoms with Crippen molar-refractivity contribution < 1.29 is 4.74 Å². The Labute approximate surface area is 122 Å². The Hall–Kier alpha value is -2.88. The fourth-order valence-electron chi connectivity index (χ4n) is 2.00. The van der Waals surface area contributed by atoms with E-state index in [1.807, 2.05) is 54.6 Å². The van der Waals surface area contributed by atoms with Gasteiger partial charge in [-0.3, -0.25) is 4.79 Å². The molecule has 0 aliphatic heterocycles. The lowest BCUT2D eigenvalue weighted by molar-refractivity contribution is 0.448. The molecule has 2 aromatic carbocycles. The van der Waals surface area contributed by atoms with Gasteiger partial charge in [0.15, 0.2) is 0 Å². The third-order valence-corrected chi connectivity index (χ3v) is 3.16. The fraction of sp³-hybridized carbons (Fsp3) is 0.0588. The molecule has 4 nitrogen and oxygen atoms in total. The molecule has 0 bridgehead atoms. The monoisotopic (exact) mass is 278 g/mol. The summed E-state index contributed by atoms with van der Waals surface area (Å²) in [6.07, 6.45) is 3.13. The fourth-order valence-corrected chi connectivity index (χ4v) is 2.00. The topological polar surface area (TPSA) is 44.1 Å². The molecule has 0 atom stereocenters. The minimum absolute atomic E-state index is 0.0764. The number of aryl methyl sites for hydroxylation is 1. The summed E-state index contributed by atoms with van der Waals surface area (Å²) < 4.78 is 6.97. The van der Waals surface area contributed by atoms with Crippen molar-refractivity contribution in [2.45, 2.75) is 0 Å². The van der Waals surface area contributed by atoms with Gasteiger partial charge in [-0.15, -0.1) is 0 Å². The van der Waals surface area contributed by atoms with Crippen molar-refractivity contribution >= 4 is 0 Å². The second-order valence-corrected chi connectivity index (χ2v) is 4.64. The second kappa shape index (κ2) is 5.63. The summed E-state index contributed by atoms with van der Waals surface area (Å²) >= 11 is 0. The molecule has 0 aliphatic carbocycles. The van der Waals surface area contributed by atoms with Gasteiger partial charge in [0.1, 0.15) is 5.75 Å². The molecular weight excluding hydrogens is 264 g/mol. The molecule has 0 fully saturated rings. The van der Waals surface area contributed by atoms with E-state index in [2.05, 4.69) is 4.98 Å². The van der Waals surface area contributed by atoms with Crippen molar-refractivity contribution in [2.75, 3.05) is 0 Å². The average Bonchev–Trinajstić information content (AvgIpc) is 2.53. The highest BCUT2D eigenvalue weighted by Gasteiger charge is 2.05.